The summed E-state index contributed by atoms with van der Waals surface area (Å²) in [5, 5.41) is 3.13. The van der Waals surface area contributed by atoms with Crippen molar-refractivity contribution >= 4 is 0 Å². The van der Waals surface area contributed by atoms with Crippen molar-refractivity contribution in [3.8, 4) is 0 Å². The topological polar surface area (TPSA) is 37.8 Å². The molecule has 1 aromatic carbocycles. The van der Waals surface area contributed by atoms with Crippen LogP contribution in [0.2, 0.25) is 0 Å². The van der Waals surface area contributed by atoms with Gasteiger partial charge in [0.25, 0.3) is 0 Å². The van der Waals surface area contributed by atoms with E-state index in [0.717, 1.165) is 11.3 Å². The number of aromatic nitrogens is 2. The van der Waals surface area contributed by atoms with Gasteiger partial charge in [0, 0.05) is 12.4 Å². The predicted molar refractivity (Wildman–Crippen MR) is 59.3 cm³/mol. The van der Waals surface area contributed by atoms with E-state index in [1.165, 1.54) is 12.1 Å². The van der Waals surface area contributed by atoms with Gasteiger partial charge in [0.2, 0.25) is 0 Å². The molecule has 82 valence electrons. The highest BCUT2D eigenvalue weighted by molar-refractivity contribution is 5.26. The maximum Gasteiger partial charge on any atom is 0.123 e. The maximum absolute atomic E-state index is 12.8. The Morgan fingerprint density at radius 2 is 1.94 bits per heavy atom. The molecule has 1 aromatic heterocycles. The third-order valence-electron chi connectivity index (χ3n) is 2.37. The molecule has 0 fully saturated rings. The van der Waals surface area contributed by atoms with Crippen molar-refractivity contribution in [3.63, 3.8) is 0 Å². The van der Waals surface area contributed by atoms with Crippen LogP contribution in [0.1, 0.15) is 17.3 Å². The van der Waals surface area contributed by atoms with Gasteiger partial charge in [-0.05, 0) is 24.7 Å². The summed E-state index contributed by atoms with van der Waals surface area (Å²) in [6, 6.07) is 6.30. The molecule has 0 aliphatic carbocycles. The second-order valence-corrected chi connectivity index (χ2v) is 3.40. The summed E-state index contributed by atoms with van der Waals surface area (Å²) in [6.45, 7) is 0. The zero-order valence-electron chi connectivity index (χ0n) is 8.89. The number of halogens is 1. The summed E-state index contributed by atoms with van der Waals surface area (Å²) in [5.41, 5.74) is 1.78. The molecule has 0 amide bonds. The first-order valence-corrected chi connectivity index (χ1v) is 5.00. The minimum absolute atomic E-state index is 0.0608. The molecule has 2 rings (SSSR count). The van der Waals surface area contributed by atoms with Crippen LogP contribution in [0.25, 0.3) is 0 Å². The number of hydrogen-bond acceptors (Lipinski definition) is 3. The Morgan fingerprint density at radius 3 is 2.50 bits per heavy atom. The predicted octanol–water partition coefficient (Wildman–Crippen LogP) is 1.92. The fourth-order valence-corrected chi connectivity index (χ4v) is 1.60. The van der Waals surface area contributed by atoms with Crippen molar-refractivity contribution in [2.45, 2.75) is 6.04 Å². The van der Waals surface area contributed by atoms with Crippen LogP contribution in [0.5, 0.6) is 0 Å². The quantitative estimate of drug-likeness (QED) is 0.853. The van der Waals surface area contributed by atoms with Gasteiger partial charge in [-0.1, -0.05) is 12.1 Å². The molecule has 16 heavy (non-hydrogen) atoms. The highest BCUT2D eigenvalue weighted by Crippen LogP contribution is 2.19. The standard InChI is InChI=1S/C12H12FN3/c1-14-12(11-8-15-6-7-16-11)9-2-4-10(13)5-3-9/h2-8,12,14H,1H3/t12-/m1/s1. The Labute approximate surface area is 93.4 Å². The van der Waals surface area contributed by atoms with E-state index in [2.05, 4.69) is 15.3 Å². The number of nitrogens with one attached hydrogen (secondary N) is 1. The van der Waals surface area contributed by atoms with Crippen molar-refractivity contribution in [1.82, 2.24) is 15.3 Å². The Bertz CT molecular complexity index is 442. The van der Waals surface area contributed by atoms with Crippen molar-refractivity contribution in [1.29, 1.82) is 0 Å². The first-order valence-electron chi connectivity index (χ1n) is 5.00. The molecule has 0 unspecified atom stereocenters. The van der Waals surface area contributed by atoms with Crippen LogP contribution >= 0.6 is 0 Å². The van der Waals surface area contributed by atoms with Gasteiger partial charge in [0.1, 0.15) is 5.82 Å². The Balaban J connectivity index is 2.33. The van der Waals surface area contributed by atoms with Gasteiger partial charge in [0.05, 0.1) is 17.9 Å². The summed E-state index contributed by atoms with van der Waals surface area (Å²) < 4.78 is 12.8. The summed E-state index contributed by atoms with van der Waals surface area (Å²) >= 11 is 0. The third kappa shape index (κ3) is 2.23. The molecular weight excluding hydrogens is 205 g/mol. The molecule has 0 bridgehead atoms. The van der Waals surface area contributed by atoms with Gasteiger partial charge in [-0.25, -0.2) is 4.39 Å². The summed E-state index contributed by atoms with van der Waals surface area (Å²) in [7, 11) is 1.84. The van der Waals surface area contributed by atoms with Crippen LogP contribution in [0.4, 0.5) is 4.39 Å². The summed E-state index contributed by atoms with van der Waals surface area (Å²) in [6.07, 6.45) is 4.97. The van der Waals surface area contributed by atoms with Gasteiger partial charge >= 0.3 is 0 Å². The molecule has 0 aliphatic heterocycles. The SMILES string of the molecule is CN[C@H](c1ccc(F)cc1)c1cnccn1. The van der Waals surface area contributed by atoms with Gasteiger partial charge in [-0.15, -0.1) is 0 Å². The number of rotatable bonds is 3. The molecule has 1 heterocycles. The first kappa shape index (κ1) is 10.7. The van der Waals surface area contributed by atoms with E-state index in [1.807, 2.05) is 7.05 Å². The minimum Gasteiger partial charge on any atom is -0.308 e. The molecule has 1 N–H and O–H groups in total. The summed E-state index contributed by atoms with van der Waals surface area (Å²) in [5.74, 6) is -0.238. The van der Waals surface area contributed by atoms with Gasteiger partial charge in [-0.2, -0.15) is 0 Å². The molecule has 1 atom stereocenters. The zero-order valence-corrected chi connectivity index (χ0v) is 8.89. The lowest BCUT2D eigenvalue weighted by Crippen LogP contribution is -2.18. The zero-order chi connectivity index (χ0) is 11.4. The fraction of sp³-hybridized carbons (Fsp3) is 0.167. The lowest BCUT2D eigenvalue weighted by atomic mass is 10.0. The Hall–Kier alpha value is -1.81. The van der Waals surface area contributed by atoms with Gasteiger partial charge < -0.3 is 5.32 Å². The van der Waals surface area contributed by atoms with Crippen molar-refractivity contribution in [3.05, 3.63) is 59.9 Å². The van der Waals surface area contributed by atoms with E-state index in [0.29, 0.717) is 0 Å². The van der Waals surface area contributed by atoms with Crippen LogP contribution in [0.15, 0.2) is 42.9 Å². The molecule has 0 spiro atoms. The van der Waals surface area contributed by atoms with E-state index in [-0.39, 0.29) is 11.9 Å². The average molecular weight is 217 g/mol. The second-order valence-electron chi connectivity index (χ2n) is 3.40. The number of hydrogen-bond donors (Lipinski definition) is 1. The largest absolute Gasteiger partial charge is 0.308 e. The molecule has 0 radical (unpaired) electrons. The second kappa shape index (κ2) is 4.81. The van der Waals surface area contributed by atoms with E-state index >= 15 is 0 Å². The van der Waals surface area contributed by atoms with Crippen molar-refractivity contribution in [2.75, 3.05) is 7.05 Å². The minimum atomic E-state index is -0.238. The van der Waals surface area contributed by atoms with Gasteiger partial charge in [0.15, 0.2) is 0 Å². The Kier molecular flexibility index (Phi) is 3.22. The van der Waals surface area contributed by atoms with Crippen LogP contribution in [-0.2, 0) is 0 Å². The lowest BCUT2D eigenvalue weighted by Gasteiger charge is -2.15. The van der Waals surface area contributed by atoms with Crippen LogP contribution in [0.3, 0.4) is 0 Å². The highest BCUT2D eigenvalue weighted by Gasteiger charge is 2.12. The van der Waals surface area contributed by atoms with Crippen LogP contribution < -0.4 is 5.32 Å². The molecule has 0 aliphatic rings. The monoisotopic (exact) mass is 217 g/mol. The molecule has 0 saturated carbocycles. The molecular formula is C12H12FN3. The van der Waals surface area contributed by atoms with Crippen molar-refractivity contribution in [2.24, 2.45) is 0 Å². The number of nitrogens with zero attached hydrogens (tertiary/aromatic N) is 2. The average Bonchev–Trinajstić information content (AvgIpc) is 2.34. The first-order chi connectivity index (χ1) is 7.81. The summed E-state index contributed by atoms with van der Waals surface area (Å²) in [4.78, 5) is 8.25. The molecule has 0 saturated heterocycles. The van der Waals surface area contributed by atoms with E-state index in [9.17, 15) is 4.39 Å². The van der Waals surface area contributed by atoms with E-state index in [4.69, 9.17) is 0 Å². The fourth-order valence-electron chi connectivity index (χ4n) is 1.60. The smallest absolute Gasteiger partial charge is 0.123 e. The number of benzene rings is 1. The Morgan fingerprint density at radius 1 is 1.19 bits per heavy atom. The van der Waals surface area contributed by atoms with Crippen LogP contribution in [-0.4, -0.2) is 17.0 Å². The van der Waals surface area contributed by atoms with Crippen LogP contribution in [0, 0.1) is 5.82 Å². The highest BCUT2D eigenvalue weighted by atomic mass is 19.1. The van der Waals surface area contributed by atoms with Crippen molar-refractivity contribution < 1.29 is 4.39 Å². The lowest BCUT2D eigenvalue weighted by molar-refractivity contribution is 0.621. The third-order valence-corrected chi connectivity index (χ3v) is 2.37. The molecule has 2 aromatic rings. The van der Waals surface area contributed by atoms with E-state index < -0.39 is 0 Å². The normalized spacial score (nSPS) is 12.4. The maximum atomic E-state index is 12.8. The molecule has 3 nitrogen and oxygen atoms in total. The van der Waals surface area contributed by atoms with Gasteiger partial charge in [-0.3, -0.25) is 9.97 Å². The molecule has 4 heteroatoms. The van der Waals surface area contributed by atoms with E-state index in [1.54, 1.807) is 30.7 Å².